The lowest BCUT2D eigenvalue weighted by Gasteiger charge is -2.35. The Bertz CT molecular complexity index is 790. The van der Waals surface area contributed by atoms with Crippen LogP contribution in [0.4, 0.5) is 5.69 Å². The molecular formula is C19H25N5O2. The quantitative estimate of drug-likeness (QED) is 0.907. The number of carbonyl (C=O) groups excluding carboxylic acids is 1. The van der Waals surface area contributed by atoms with Gasteiger partial charge in [-0.1, -0.05) is 0 Å². The van der Waals surface area contributed by atoms with Crippen molar-refractivity contribution in [3.63, 3.8) is 0 Å². The van der Waals surface area contributed by atoms with Crippen LogP contribution < -0.4 is 5.32 Å². The Morgan fingerprint density at radius 1 is 1.38 bits per heavy atom. The first-order valence-electron chi connectivity index (χ1n) is 9.19. The molecule has 138 valence electrons. The van der Waals surface area contributed by atoms with Crippen molar-refractivity contribution in [2.75, 3.05) is 11.9 Å². The van der Waals surface area contributed by atoms with Gasteiger partial charge in [0.05, 0.1) is 23.7 Å². The number of nitrogens with zero attached hydrogens (tertiary/aromatic N) is 4. The highest BCUT2D eigenvalue weighted by Crippen LogP contribution is 2.32. The Balaban J connectivity index is 1.35. The lowest BCUT2D eigenvalue weighted by atomic mass is 9.98. The molecule has 7 heteroatoms. The van der Waals surface area contributed by atoms with Crippen molar-refractivity contribution < 1.29 is 9.53 Å². The van der Waals surface area contributed by atoms with Gasteiger partial charge in [-0.3, -0.25) is 19.4 Å². The van der Waals surface area contributed by atoms with E-state index >= 15 is 0 Å². The Morgan fingerprint density at radius 2 is 2.27 bits per heavy atom. The van der Waals surface area contributed by atoms with E-state index in [1.807, 2.05) is 37.0 Å². The lowest BCUT2D eigenvalue weighted by Crippen LogP contribution is -2.46. The molecule has 2 fully saturated rings. The Labute approximate surface area is 153 Å². The van der Waals surface area contributed by atoms with Crippen molar-refractivity contribution in [2.45, 2.75) is 51.0 Å². The molecule has 1 N–H and O–H groups in total. The largest absolute Gasteiger partial charge is 0.363 e. The van der Waals surface area contributed by atoms with E-state index in [0.29, 0.717) is 6.04 Å². The predicted molar refractivity (Wildman–Crippen MR) is 97.5 cm³/mol. The zero-order valence-electron chi connectivity index (χ0n) is 15.3. The molecule has 0 aromatic carbocycles. The van der Waals surface area contributed by atoms with Crippen LogP contribution >= 0.6 is 0 Å². The maximum absolute atomic E-state index is 12.6. The zero-order valence-corrected chi connectivity index (χ0v) is 15.3. The number of carbonyl (C=O) groups is 1. The number of rotatable bonds is 4. The van der Waals surface area contributed by atoms with E-state index in [1.54, 1.807) is 6.20 Å². The fraction of sp³-hybridized carbons (Fsp3) is 0.526. The van der Waals surface area contributed by atoms with Gasteiger partial charge in [0.15, 0.2) is 0 Å². The summed E-state index contributed by atoms with van der Waals surface area (Å²) in [6, 6.07) is 4.09. The lowest BCUT2D eigenvalue weighted by molar-refractivity contribution is -0.138. The van der Waals surface area contributed by atoms with Gasteiger partial charge in [0.25, 0.3) is 5.91 Å². The van der Waals surface area contributed by atoms with E-state index in [2.05, 4.69) is 26.5 Å². The molecule has 2 saturated heterocycles. The number of anilines is 1. The minimum atomic E-state index is -0.380. The van der Waals surface area contributed by atoms with Gasteiger partial charge in [0, 0.05) is 44.1 Å². The molecule has 2 aromatic rings. The molecular weight excluding hydrogens is 330 g/mol. The van der Waals surface area contributed by atoms with E-state index in [4.69, 9.17) is 4.74 Å². The van der Waals surface area contributed by atoms with Crippen LogP contribution in [0.25, 0.3) is 0 Å². The third-order valence-electron chi connectivity index (χ3n) is 5.36. The average Bonchev–Trinajstić information content (AvgIpc) is 3.23. The van der Waals surface area contributed by atoms with E-state index < -0.39 is 0 Å². The normalized spacial score (nSPS) is 25.8. The highest BCUT2D eigenvalue weighted by Gasteiger charge is 2.41. The number of hydrogen-bond acceptors (Lipinski definition) is 5. The first-order chi connectivity index (χ1) is 12.6. The number of pyridine rings is 1. The molecule has 1 amide bonds. The predicted octanol–water partition coefficient (Wildman–Crippen LogP) is 1.88. The minimum absolute atomic E-state index is 0.0646. The van der Waals surface area contributed by atoms with Crippen molar-refractivity contribution in [2.24, 2.45) is 7.05 Å². The molecule has 0 aliphatic carbocycles. The van der Waals surface area contributed by atoms with Crippen LogP contribution in [0.3, 0.4) is 0 Å². The van der Waals surface area contributed by atoms with Crippen LogP contribution in [-0.4, -0.2) is 50.4 Å². The molecule has 26 heavy (non-hydrogen) atoms. The standard InChI is InChI=1S/C19H25N5O2/c1-13-15(4-3-8-20-13)22-19(25)18-6-5-16-17(26-18)7-9-24(16)12-14-10-21-23(2)11-14/h3-4,8,10-11,16-18H,5-7,9,12H2,1-2H3,(H,22,25)/t16-,17-,18+/m0/s1. The molecule has 2 aromatic heterocycles. The van der Waals surface area contributed by atoms with Crippen molar-refractivity contribution in [1.29, 1.82) is 0 Å². The van der Waals surface area contributed by atoms with Crippen molar-refractivity contribution >= 4 is 11.6 Å². The van der Waals surface area contributed by atoms with Gasteiger partial charge in [-0.2, -0.15) is 5.10 Å². The first-order valence-corrected chi connectivity index (χ1v) is 9.19. The number of hydrogen-bond donors (Lipinski definition) is 1. The molecule has 0 unspecified atom stereocenters. The van der Waals surface area contributed by atoms with Crippen LogP contribution in [0.5, 0.6) is 0 Å². The molecule has 2 aliphatic rings. The van der Waals surface area contributed by atoms with Crippen LogP contribution in [0.15, 0.2) is 30.7 Å². The van der Waals surface area contributed by atoms with Crippen molar-refractivity contribution in [3.05, 3.63) is 42.0 Å². The summed E-state index contributed by atoms with van der Waals surface area (Å²) in [6.45, 7) is 3.78. The summed E-state index contributed by atoms with van der Waals surface area (Å²) < 4.78 is 8.00. The Hall–Kier alpha value is -2.25. The highest BCUT2D eigenvalue weighted by molar-refractivity contribution is 5.94. The molecule has 0 radical (unpaired) electrons. The summed E-state index contributed by atoms with van der Waals surface area (Å²) in [5.41, 5.74) is 2.80. The van der Waals surface area contributed by atoms with E-state index in [9.17, 15) is 4.79 Å². The van der Waals surface area contributed by atoms with Crippen LogP contribution in [0.1, 0.15) is 30.5 Å². The summed E-state index contributed by atoms with van der Waals surface area (Å²) in [4.78, 5) is 19.3. The minimum Gasteiger partial charge on any atom is -0.363 e. The number of ether oxygens (including phenoxy) is 1. The number of likely N-dealkylation sites (tertiary alicyclic amines) is 1. The zero-order chi connectivity index (χ0) is 18.1. The highest BCUT2D eigenvalue weighted by atomic mass is 16.5. The fourth-order valence-electron chi connectivity index (χ4n) is 4.02. The SMILES string of the molecule is Cc1ncccc1NC(=O)[C@H]1CC[C@H]2[C@H](CCN2Cc2cnn(C)c2)O1. The summed E-state index contributed by atoms with van der Waals surface area (Å²) in [7, 11) is 1.94. The van der Waals surface area contributed by atoms with Gasteiger partial charge < -0.3 is 10.1 Å². The molecule has 2 aliphatic heterocycles. The Morgan fingerprint density at radius 3 is 3.04 bits per heavy atom. The van der Waals surface area contributed by atoms with Crippen molar-refractivity contribution in [3.8, 4) is 0 Å². The van der Waals surface area contributed by atoms with Crippen LogP contribution in [0, 0.1) is 6.92 Å². The second kappa shape index (κ2) is 7.17. The van der Waals surface area contributed by atoms with Gasteiger partial charge >= 0.3 is 0 Å². The van der Waals surface area contributed by atoms with Gasteiger partial charge in [-0.05, 0) is 38.3 Å². The second-order valence-corrected chi connectivity index (χ2v) is 7.21. The topological polar surface area (TPSA) is 72.3 Å². The van der Waals surface area contributed by atoms with E-state index in [0.717, 1.165) is 43.7 Å². The number of nitrogens with one attached hydrogen (secondary N) is 1. The summed E-state index contributed by atoms with van der Waals surface area (Å²) in [5.74, 6) is -0.0646. The number of amides is 1. The smallest absolute Gasteiger partial charge is 0.253 e. The molecule has 7 nitrogen and oxygen atoms in total. The molecule has 0 saturated carbocycles. The van der Waals surface area contributed by atoms with Crippen molar-refractivity contribution in [1.82, 2.24) is 19.7 Å². The molecule has 3 atom stereocenters. The third-order valence-corrected chi connectivity index (χ3v) is 5.36. The number of aryl methyl sites for hydroxylation is 2. The molecule has 4 rings (SSSR count). The number of fused-ring (bicyclic) bond motifs is 1. The molecule has 4 heterocycles. The maximum atomic E-state index is 12.6. The Kier molecular flexibility index (Phi) is 4.74. The van der Waals surface area contributed by atoms with Gasteiger partial charge in [0.1, 0.15) is 6.10 Å². The van der Waals surface area contributed by atoms with Gasteiger partial charge in [-0.15, -0.1) is 0 Å². The average molecular weight is 355 g/mol. The second-order valence-electron chi connectivity index (χ2n) is 7.21. The van der Waals surface area contributed by atoms with E-state index in [-0.39, 0.29) is 18.1 Å². The monoisotopic (exact) mass is 355 g/mol. The first kappa shape index (κ1) is 17.2. The molecule has 0 spiro atoms. The van der Waals surface area contributed by atoms with Gasteiger partial charge in [0.2, 0.25) is 0 Å². The number of aromatic nitrogens is 3. The summed E-state index contributed by atoms with van der Waals surface area (Å²) in [5, 5.41) is 7.21. The summed E-state index contributed by atoms with van der Waals surface area (Å²) in [6.07, 6.45) is 8.15. The maximum Gasteiger partial charge on any atom is 0.253 e. The van der Waals surface area contributed by atoms with Crippen LogP contribution in [0.2, 0.25) is 0 Å². The molecule has 0 bridgehead atoms. The third kappa shape index (κ3) is 3.50. The fourth-order valence-corrected chi connectivity index (χ4v) is 4.02. The van der Waals surface area contributed by atoms with Gasteiger partial charge in [-0.25, -0.2) is 0 Å². The van der Waals surface area contributed by atoms with E-state index in [1.165, 1.54) is 5.56 Å². The van der Waals surface area contributed by atoms with Crippen LogP contribution in [-0.2, 0) is 23.1 Å². The summed E-state index contributed by atoms with van der Waals surface area (Å²) >= 11 is 0.